The number of hydrogen-bond acceptors (Lipinski definition) is 4. The lowest BCUT2D eigenvalue weighted by Gasteiger charge is -2.25. The number of hydrogen-bond donors (Lipinski definition) is 1. The fraction of sp³-hybridized carbons (Fsp3) is 0.438. The van der Waals surface area contributed by atoms with E-state index in [9.17, 15) is 0 Å². The van der Waals surface area contributed by atoms with Crippen LogP contribution in [0.1, 0.15) is 36.9 Å². The molecule has 0 radical (unpaired) electrons. The Hall–Kier alpha value is -1.10. The van der Waals surface area contributed by atoms with Crippen molar-refractivity contribution in [2.24, 2.45) is 0 Å². The zero-order valence-corrected chi connectivity index (χ0v) is 14.3. The van der Waals surface area contributed by atoms with Crippen LogP contribution in [0.3, 0.4) is 0 Å². The van der Waals surface area contributed by atoms with E-state index in [0.29, 0.717) is 12.6 Å². The largest absolute Gasteiger partial charge is 0.352 e. The quantitative estimate of drug-likeness (QED) is 0.761. The number of nitrogens with one attached hydrogen (secondary N) is 1. The Bertz CT molecular complexity index is 557. The van der Waals surface area contributed by atoms with E-state index in [-0.39, 0.29) is 0 Å². The van der Waals surface area contributed by atoms with Crippen LogP contribution in [0.25, 0.3) is 0 Å². The van der Waals surface area contributed by atoms with Crippen LogP contribution in [-0.2, 0) is 6.54 Å². The van der Waals surface area contributed by atoms with Crippen LogP contribution in [0.15, 0.2) is 29.6 Å². The summed E-state index contributed by atoms with van der Waals surface area (Å²) in [6.45, 7) is 6.03. The maximum Gasteiger partial charge on any atom is 0.129 e. The summed E-state index contributed by atoms with van der Waals surface area (Å²) >= 11 is 8.01. The van der Waals surface area contributed by atoms with Crippen LogP contribution in [0.5, 0.6) is 0 Å². The SMILES string of the molecule is CCCNCc1nc(N(C)C(C)c2cccs2)ccc1Cl. The van der Waals surface area contributed by atoms with Gasteiger partial charge in [-0.15, -0.1) is 11.3 Å². The minimum Gasteiger partial charge on any atom is -0.352 e. The van der Waals surface area contributed by atoms with E-state index in [1.165, 1.54) is 4.88 Å². The Kier molecular flexibility index (Phi) is 6.03. The lowest BCUT2D eigenvalue weighted by atomic mass is 10.2. The van der Waals surface area contributed by atoms with Gasteiger partial charge in [0.15, 0.2) is 0 Å². The Morgan fingerprint density at radius 3 is 2.86 bits per heavy atom. The lowest BCUT2D eigenvalue weighted by molar-refractivity contribution is 0.661. The van der Waals surface area contributed by atoms with Crippen molar-refractivity contribution >= 4 is 28.8 Å². The van der Waals surface area contributed by atoms with E-state index in [0.717, 1.165) is 29.5 Å². The molecule has 0 saturated carbocycles. The standard InChI is InChI=1S/C16H22ClN3S/c1-4-9-18-11-14-13(17)7-8-16(19-14)20(3)12(2)15-6-5-10-21-15/h5-8,10,12,18H,4,9,11H2,1-3H3. The number of anilines is 1. The second-order valence-electron chi connectivity index (χ2n) is 5.08. The summed E-state index contributed by atoms with van der Waals surface area (Å²) in [5.74, 6) is 0.952. The van der Waals surface area contributed by atoms with Gasteiger partial charge >= 0.3 is 0 Å². The molecule has 0 fully saturated rings. The third-order valence-corrected chi connectivity index (χ3v) is 4.91. The summed E-state index contributed by atoms with van der Waals surface area (Å²) in [6, 6.07) is 8.46. The summed E-state index contributed by atoms with van der Waals surface area (Å²) in [5, 5.41) is 6.18. The highest BCUT2D eigenvalue weighted by molar-refractivity contribution is 7.10. The van der Waals surface area contributed by atoms with Gasteiger partial charge in [0, 0.05) is 18.5 Å². The fourth-order valence-electron chi connectivity index (χ4n) is 2.10. The second-order valence-corrected chi connectivity index (χ2v) is 6.46. The van der Waals surface area contributed by atoms with Crippen molar-refractivity contribution in [3.8, 4) is 0 Å². The first-order valence-corrected chi connectivity index (χ1v) is 8.51. The van der Waals surface area contributed by atoms with Gasteiger partial charge in [-0.2, -0.15) is 0 Å². The molecule has 3 nitrogen and oxygen atoms in total. The van der Waals surface area contributed by atoms with Crippen LogP contribution in [0.2, 0.25) is 5.02 Å². The van der Waals surface area contributed by atoms with E-state index < -0.39 is 0 Å². The van der Waals surface area contributed by atoms with Gasteiger partial charge in [0.1, 0.15) is 5.82 Å². The van der Waals surface area contributed by atoms with E-state index in [2.05, 4.69) is 48.6 Å². The molecule has 21 heavy (non-hydrogen) atoms. The van der Waals surface area contributed by atoms with Crippen LogP contribution < -0.4 is 10.2 Å². The molecule has 0 spiro atoms. The van der Waals surface area contributed by atoms with Crippen molar-refractivity contribution in [2.75, 3.05) is 18.5 Å². The van der Waals surface area contributed by atoms with Crippen molar-refractivity contribution in [3.05, 3.63) is 45.2 Å². The predicted molar refractivity (Wildman–Crippen MR) is 92.4 cm³/mol. The third kappa shape index (κ3) is 4.19. The molecule has 1 N–H and O–H groups in total. The predicted octanol–water partition coefficient (Wildman–Crippen LogP) is 4.49. The average molecular weight is 324 g/mol. The van der Waals surface area contributed by atoms with Gasteiger partial charge < -0.3 is 10.2 Å². The minimum absolute atomic E-state index is 0.301. The highest BCUT2D eigenvalue weighted by Crippen LogP contribution is 2.28. The zero-order valence-electron chi connectivity index (χ0n) is 12.8. The van der Waals surface area contributed by atoms with E-state index >= 15 is 0 Å². The van der Waals surface area contributed by atoms with Gasteiger partial charge in [0.05, 0.1) is 16.8 Å². The monoisotopic (exact) mass is 323 g/mol. The molecule has 2 heterocycles. The first-order chi connectivity index (χ1) is 10.1. The Balaban J connectivity index is 2.13. The smallest absolute Gasteiger partial charge is 0.129 e. The molecule has 0 aliphatic heterocycles. The topological polar surface area (TPSA) is 28.2 Å². The van der Waals surface area contributed by atoms with Crippen LogP contribution in [0, 0.1) is 0 Å². The molecule has 1 atom stereocenters. The van der Waals surface area contributed by atoms with Gasteiger partial charge in [-0.1, -0.05) is 24.6 Å². The number of rotatable bonds is 7. The van der Waals surface area contributed by atoms with Gasteiger partial charge in [-0.3, -0.25) is 0 Å². The molecule has 0 saturated heterocycles. The number of thiophene rings is 1. The summed E-state index contributed by atoms with van der Waals surface area (Å²) in [5.41, 5.74) is 0.910. The van der Waals surface area contributed by atoms with Gasteiger partial charge in [-0.05, 0) is 43.5 Å². The first kappa shape index (κ1) is 16.3. The molecule has 2 aromatic heterocycles. The molecule has 5 heteroatoms. The molecule has 0 amide bonds. The van der Waals surface area contributed by atoms with Crippen molar-refractivity contribution in [3.63, 3.8) is 0 Å². The molecule has 114 valence electrons. The normalized spacial score (nSPS) is 12.4. The zero-order chi connectivity index (χ0) is 15.2. The molecule has 0 bridgehead atoms. The number of nitrogens with zero attached hydrogens (tertiary/aromatic N) is 2. The van der Waals surface area contributed by atoms with Gasteiger partial charge in [0.25, 0.3) is 0 Å². The van der Waals surface area contributed by atoms with Crippen LogP contribution in [-0.4, -0.2) is 18.6 Å². The maximum absolute atomic E-state index is 6.24. The van der Waals surface area contributed by atoms with Crippen LogP contribution in [0.4, 0.5) is 5.82 Å². The summed E-state index contributed by atoms with van der Waals surface area (Å²) in [4.78, 5) is 8.23. The Labute approximate surface area is 136 Å². The molecule has 2 aromatic rings. The Morgan fingerprint density at radius 1 is 1.38 bits per heavy atom. The van der Waals surface area contributed by atoms with E-state index in [1.54, 1.807) is 11.3 Å². The number of pyridine rings is 1. The van der Waals surface area contributed by atoms with Crippen molar-refractivity contribution in [2.45, 2.75) is 32.9 Å². The molecule has 0 aromatic carbocycles. The molecule has 2 rings (SSSR count). The summed E-state index contributed by atoms with van der Waals surface area (Å²) in [6.07, 6.45) is 1.10. The van der Waals surface area contributed by atoms with Crippen molar-refractivity contribution in [1.29, 1.82) is 0 Å². The molecular formula is C16H22ClN3S. The van der Waals surface area contributed by atoms with Crippen LogP contribution >= 0.6 is 22.9 Å². The highest BCUT2D eigenvalue weighted by atomic mass is 35.5. The number of halogens is 1. The van der Waals surface area contributed by atoms with E-state index in [4.69, 9.17) is 16.6 Å². The van der Waals surface area contributed by atoms with E-state index in [1.807, 2.05) is 12.1 Å². The van der Waals surface area contributed by atoms with Gasteiger partial charge in [0.2, 0.25) is 0 Å². The first-order valence-electron chi connectivity index (χ1n) is 7.25. The highest BCUT2D eigenvalue weighted by Gasteiger charge is 2.15. The van der Waals surface area contributed by atoms with Gasteiger partial charge in [-0.25, -0.2) is 4.98 Å². The third-order valence-electron chi connectivity index (χ3n) is 3.52. The minimum atomic E-state index is 0.301. The van der Waals surface area contributed by atoms with Crippen molar-refractivity contribution < 1.29 is 0 Å². The molecule has 0 aliphatic rings. The maximum atomic E-state index is 6.24. The Morgan fingerprint density at radius 2 is 2.19 bits per heavy atom. The summed E-state index contributed by atoms with van der Waals surface area (Å²) in [7, 11) is 2.07. The molecule has 1 unspecified atom stereocenters. The molecule has 0 aliphatic carbocycles. The average Bonchev–Trinajstić information content (AvgIpc) is 3.02. The second kappa shape index (κ2) is 7.78. The number of aromatic nitrogens is 1. The summed E-state index contributed by atoms with van der Waals surface area (Å²) < 4.78 is 0. The van der Waals surface area contributed by atoms with Crippen molar-refractivity contribution in [1.82, 2.24) is 10.3 Å². The lowest BCUT2D eigenvalue weighted by Crippen LogP contribution is -2.23. The molecular weight excluding hydrogens is 302 g/mol. The fourth-order valence-corrected chi connectivity index (χ4v) is 3.09.